The van der Waals surface area contributed by atoms with Crippen LogP contribution in [0.1, 0.15) is 25.3 Å². The van der Waals surface area contributed by atoms with E-state index in [1.165, 1.54) is 5.56 Å². The largest absolute Gasteiger partial charge is 0.300 e. The van der Waals surface area contributed by atoms with Crippen LogP contribution in [0.3, 0.4) is 0 Å². The van der Waals surface area contributed by atoms with Crippen LogP contribution in [0.25, 0.3) is 0 Å². The third-order valence-corrected chi connectivity index (χ3v) is 3.99. The van der Waals surface area contributed by atoms with Gasteiger partial charge in [0.1, 0.15) is 5.78 Å². The fourth-order valence-corrected chi connectivity index (χ4v) is 2.98. The number of piperidine rings is 1. The fourth-order valence-electron chi connectivity index (χ4n) is 2.98. The third-order valence-electron chi connectivity index (χ3n) is 3.99. The molecule has 2 heteroatoms. The number of benzene rings is 1. The number of ketones is 1. The predicted octanol–water partition coefficient (Wildman–Crippen LogP) is 3.29. The molecule has 1 aliphatic rings. The average molecular weight is 257 g/mol. The molecule has 19 heavy (non-hydrogen) atoms. The molecule has 0 spiro atoms. The summed E-state index contributed by atoms with van der Waals surface area (Å²) >= 11 is 0. The van der Waals surface area contributed by atoms with E-state index in [1.54, 1.807) is 6.92 Å². The van der Waals surface area contributed by atoms with E-state index in [0.717, 1.165) is 26.1 Å². The van der Waals surface area contributed by atoms with Crippen molar-refractivity contribution < 1.29 is 4.79 Å². The Morgan fingerprint density at radius 1 is 1.42 bits per heavy atom. The Kier molecular flexibility index (Phi) is 4.92. The van der Waals surface area contributed by atoms with Gasteiger partial charge in [0.25, 0.3) is 0 Å². The lowest BCUT2D eigenvalue weighted by Crippen LogP contribution is -2.39. The Bertz CT molecular complexity index is 426. The number of Topliss-reactive ketones (excluding diaryl/α,β-unsaturated/α-hetero) is 1. The summed E-state index contributed by atoms with van der Waals surface area (Å²) in [7, 11) is 0. The van der Waals surface area contributed by atoms with Gasteiger partial charge in [0, 0.05) is 19.5 Å². The fraction of sp³-hybridized carbons (Fsp3) is 0.471. The maximum absolute atomic E-state index is 11.3. The first kappa shape index (κ1) is 14.0. The second kappa shape index (κ2) is 6.67. The van der Waals surface area contributed by atoms with E-state index < -0.39 is 0 Å². The van der Waals surface area contributed by atoms with Gasteiger partial charge in [-0.1, -0.05) is 36.4 Å². The molecule has 0 aromatic heterocycles. The SMILES string of the molecule is C=C[C@@H]1CN(Cc2ccccc2)CC[C@@H]1CC(C)=O. The lowest BCUT2D eigenvalue weighted by molar-refractivity contribution is -0.118. The van der Waals surface area contributed by atoms with E-state index >= 15 is 0 Å². The van der Waals surface area contributed by atoms with Crippen LogP contribution in [0.2, 0.25) is 0 Å². The molecule has 0 aliphatic carbocycles. The van der Waals surface area contributed by atoms with Crippen molar-refractivity contribution in [2.24, 2.45) is 11.8 Å². The molecule has 0 bridgehead atoms. The van der Waals surface area contributed by atoms with E-state index in [4.69, 9.17) is 0 Å². The first-order valence-corrected chi connectivity index (χ1v) is 7.07. The van der Waals surface area contributed by atoms with Crippen LogP contribution < -0.4 is 0 Å². The van der Waals surface area contributed by atoms with E-state index in [2.05, 4.69) is 41.8 Å². The van der Waals surface area contributed by atoms with Crippen LogP contribution in [-0.4, -0.2) is 23.8 Å². The summed E-state index contributed by atoms with van der Waals surface area (Å²) < 4.78 is 0. The molecule has 102 valence electrons. The highest BCUT2D eigenvalue weighted by atomic mass is 16.1. The molecule has 2 nitrogen and oxygen atoms in total. The van der Waals surface area contributed by atoms with Crippen LogP contribution in [0.15, 0.2) is 43.0 Å². The minimum atomic E-state index is 0.299. The zero-order valence-corrected chi connectivity index (χ0v) is 11.7. The van der Waals surface area contributed by atoms with Crippen molar-refractivity contribution in [2.45, 2.75) is 26.3 Å². The van der Waals surface area contributed by atoms with Gasteiger partial charge in [0.15, 0.2) is 0 Å². The Morgan fingerprint density at radius 3 is 2.79 bits per heavy atom. The van der Waals surface area contributed by atoms with Gasteiger partial charge < -0.3 is 4.79 Å². The summed E-state index contributed by atoms with van der Waals surface area (Å²) in [5.74, 6) is 1.23. The smallest absolute Gasteiger partial charge is 0.130 e. The summed E-state index contributed by atoms with van der Waals surface area (Å²) in [6.45, 7) is 8.74. The highest BCUT2D eigenvalue weighted by Gasteiger charge is 2.27. The first-order chi connectivity index (χ1) is 9.19. The molecule has 1 fully saturated rings. The Balaban J connectivity index is 1.93. The third kappa shape index (κ3) is 4.03. The molecule has 0 N–H and O–H groups in total. The van der Waals surface area contributed by atoms with Gasteiger partial charge in [0.2, 0.25) is 0 Å². The van der Waals surface area contributed by atoms with Gasteiger partial charge in [-0.25, -0.2) is 0 Å². The van der Waals surface area contributed by atoms with Crippen molar-refractivity contribution in [2.75, 3.05) is 13.1 Å². The quantitative estimate of drug-likeness (QED) is 0.754. The standard InChI is InChI=1S/C17H23NO/c1-3-16-13-18(10-9-17(16)11-14(2)19)12-15-7-5-4-6-8-15/h3-8,16-17H,1,9-13H2,2H3/t16-,17-/m1/s1. The number of carbonyl (C=O) groups excluding carboxylic acids is 1. The second-order valence-electron chi connectivity index (χ2n) is 5.58. The van der Waals surface area contributed by atoms with Crippen LogP contribution >= 0.6 is 0 Å². The molecular weight excluding hydrogens is 234 g/mol. The molecule has 1 aliphatic heterocycles. The van der Waals surface area contributed by atoms with E-state index in [0.29, 0.717) is 24.0 Å². The average Bonchev–Trinajstić information content (AvgIpc) is 2.41. The normalized spacial score (nSPS) is 24.1. The zero-order valence-electron chi connectivity index (χ0n) is 11.7. The zero-order chi connectivity index (χ0) is 13.7. The number of likely N-dealkylation sites (tertiary alicyclic amines) is 1. The monoisotopic (exact) mass is 257 g/mol. The second-order valence-corrected chi connectivity index (χ2v) is 5.58. The summed E-state index contributed by atoms with van der Waals surface area (Å²) in [5, 5.41) is 0. The van der Waals surface area contributed by atoms with Crippen molar-refractivity contribution in [3.05, 3.63) is 48.6 Å². The van der Waals surface area contributed by atoms with Crippen LogP contribution in [0, 0.1) is 11.8 Å². The van der Waals surface area contributed by atoms with Gasteiger partial charge in [-0.05, 0) is 37.3 Å². The lowest BCUT2D eigenvalue weighted by atomic mass is 9.82. The molecule has 0 unspecified atom stereocenters. The number of nitrogens with zero attached hydrogens (tertiary/aromatic N) is 1. The summed E-state index contributed by atoms with van der Waals surface area (Å²) in [6, 6.07) is 10.6. The van der Waals surface area contributed by atoms with Gasteiger partial charge >= 0.3 is 0 Å². The van der Waals surface area contributed by atoms with Crippen LogP contribution in [0.5, 0.6) is 0 Å². The van der Waals surface area contributed by atoms with Gasteiger partial charge in [-0.2, -0.15) is 0 Å². The van der Waals surface area contributed by atoms with Crippen LogP contribution in [0.4, 0.5) is 0 Å². The molecule has 2 rings (SSSR count). The molecule has 1 saturated heterocycles. The summed E-state index contributed by atoms with van der Waals surface area (Å²) in [4.78, 5) is 13.8. The topological polar surface area (TPSA) is 20.3 Å². The maximum Gasteiger partial charge on any atom is 0.130 e. The van der Waals surface area contributed by atoms with E-state index in [9.17, 15) is 4.79 Å². The molecular formula is C17H23NO. The number of carbonyl (C=O) groups is 1. The number of hydrogen-bond acceptors (Lipinski definition) is 2. The minimum absolute atomic E-state index is 0.299. The first-order valence-electron chi connectivity index (χ1n) is 7.07. The molecule has 1 heterocycles. The van der Waals surface area contributed by atoms with Crippen molar-refractivity contribution in [1.82, 2.24) is 4.90 Å². The molecule has 0 radical (unpaired) electrons. The molecule has 0 saturated carbocycles. The van der Waals surface area contributed by atoms with Crippen LogP contribution in [-0.2, 0) is 11.3 Å². The summed E-state index contributed by atoms with van der Waals surface area (Å²) in [5.41, 5.74) is 1.36. The Morgan fingerprint density at radius 2 is 2.16 bits per heavy atom. The predicted molar refractivity (Wildman–Crippen MR) is 78.8 cm³/mol. The molecule has 1 aromatic rings. The lowest BCUT2D eigenvalue weighted by Gasteiger charge is -2.37. The Labute approximate surface area is 116 Å². The van der Waals surface area contributed by atoms with Crippen molar-refractivity contribution in [3.63, 3.8) is 0 Å². The minimum Gasteiger partial charge on any atom is -0.300 e. The number of rotatable bonds is 5. The van der Waals surface area contributed by atoms with Crippen molar-refractivity contribution in [1.29, 1.82) is 0 Å². The van der Waals surface area contributed by atoms with E-state index in [-0.39, 0.29) is 0 Å². The highest BCUT2D eigenvalue weighted by Crippen LogP contribution is 2.28. The van der Waals surface area contributed by atoms with Gasteiger partial charge in [-0.3, -0.25) is 4.90 Å². The van der Waals surface area contributed by atoms with Gasteiger partial charge in [0.05, 0.1) is 0 Å². The molecule has 1 aromatic carbocycles. The molecule has 0 amide bonds. The highest BCUT2D eigenvalue weighted by molar-refractivity contribution is 5.75. The van der Waals surface area contributed by atoms with E-state index in [1.807, 2.05) is 6.08 Å². The van der Waals surface area contributed by atoms with Crippen molar-refractivity contribution >= 4 is 5.78 Å². The molecule has 2 atom stereocenters. The number of hydrogen-bond donors (Lipinski definition) is 0. The summed E-state index contributed by atoms with van der Waals surface area (Å²) in [6.07, 6.45) is 3.84. The Hall–Kier alpha value is -1.41. The van der Waals surface area contributed by atoms with Gasteiger partial charge in [-0.15, -0.1) is 6.58 Å². The van der Waals surface area contributed by atoms with Crippen molar-refractivity contribution in [3.8, 4) is 0 Å². The maximum atomic E-state index is 11.3.